The van der Waals surface area contributed by atoms with E-state index in [4.69, 9.17) is 21.1 Å². The van der Waals surface area contributed by atoms with Crippen molar-refractivity contribution in [2.45, 2.75) is 0 Å². The number of nitrogens with zero attached hydrogens (tertiary/aromatic N) is 3. The predicted octanol–water partition coefficient (Wildman–Crippen LogP) is 3.45. The van der Waals surface area contributed by atoms with Crippen LogP contribution in [0.3, 0.4) is 0 Å². The lowest BCUT2D eigenvalue weighted by molar-refractivity contribution is 0.0530. The van der Waals surface area contributed by atoms with Crippen molar-refractivity contribution >= 4 is 34.3 Å². The molecule has 4 rings (SSSR count). The number of aromatic nitrogens is 1. The Kier molecular flexibility index (Phi) is 5.78. The Morgan fingerprint density at radius 2 is 1.42 bits per heavy atom. The van der Waals surface area contributed by atoms with E-state index in [1.165, 1.54) is 0 Å². The van der Waals surface area contributed by atoms with Crippen LogP contribution >= 0.6 is 11.6 Å². The maximum atomic E-state index is 13.2. The minimum absolute atomic E-state index is 0.119. The molecule has 1 aliphatic rings. The monoisotopic (exact) mass is 441 g/mol. The van der Waals surface area contributed by atoms with Crippen molar-refractivity contribution in [3.05, 3.63) is 58.7 Å². The van der Waals surface area contributed by atoms with E-state index in [0.717, 1.165) is 10.9 Å². The van der Waals surface area contributed by atoms with Crippen molar-refractivity contribution in [3.63, 3.8) is 0 Å². The van der Waals surface area contributed by atoms with Crippen LogP contribution in [0, 0.1) is 0 Å². The van der Waals surface area contributed by atoms with E-state index < -0.39 is 0 Å². The summed E-state index contributed by atoms with van der Waals surface area (Å²) in [7, 11) is 4.94. The summed E-state index contributed by atoms with van der Waals surface area (Å²) in [5.74, 6) is 0.870. The van der Waals surface area contributed by atoms with Gasteiger partial charge in [-0.25, -0.2) is 0 Å². The minimum Gasteiger partial charge on any atom is -0.497 e. The molecule has 2 aromatic carbocycles. The van der Waals surface area contributed by atoms with E-state index in [2.05, 4.69) is 0 Å². The third-order valence-electron chi connectivity index (χ3n) is 5.70. The fourth-order valence-corrected chi connectivity index (χ4v) is 4.33. The Hall–Kier alpha value is -3.19. The first-order chi connectivity index (χ1) is 14.9. The number of hydrogen-bond acceptors (Lipinski definition) is 4. The van der Waals surface area contributed by atoms with Gasteiger partial charge in [0, 0.05) is 55.8 Å². The molecule has 2 amide bonds. The van der Waals surface area contributed by atoms with Crippen LogP contribution in [0.15, 0.2) is 42.5 Å². The molecule has 0 saturated carbocycles. The van der Waals surface area contributed by atoms with Gasteiger partial charge in [0.2, 0.25) is 0 Å². The first-order valence-electron chi connectivity index (χ1n) is 9.99. The van der Waals surface area contributed by atoms with Crippen LogP contribution in [0.2, 0.25) is 5.02 Å². The van der Waals surface area contributed by atoms with Gasteiger partial charge in [0.1, 0.15) is 17.2 Å². The molecule has 1 fully saturated rings. The van der Waals surface area contributed by atoms with Crippen molar-refractivity contribution in [2.75, 3.05) is 40.4 Å². The highest BCUT2D eigenvalue weighted by Gasteiger charge is 2.29. The number of amides is 2. The maximum absolute atomic E-state index is 13.2. The number of carbonyl (C=O) groups is 2. The SMILES string of the molecule is COc1cc(OC)cc(C(=O)N2CCN(C(=O)c3c(Cl)c4ccccc4n3C)CC2)c1. The molecule has 0 spiro atoms. The standard InChI is InChI=1S/C23H24ClN3O4/c1-25-19-7-5-4-6-18(19)20(24)21(25)23(29)27-10-8-26(9-11-27)22(28)15-12-16(30-2)14-17(13-15)31-3/h4-7,12-14H,8-11H2,1-3H3. The largest absolute Gasteiger partial charge is 0.497 e. The molecule has 0 N–H and O–H groups in total. The van der Waals surface area contributed by atoms with Crippen molar-refractivity contribution in [3.8, 4) is 11.5 Å². The van der Waals surface area contributed by atoms with Crippen molar-refractivity contribution in [1.82, 2.24) is 14.4 Å². The van der Waals surface area contributed by atoms with E-state index in [9.17, 15) is 9.59 Å². The Balaban J connectivity index is 1.49. The zero-order valence-electron chi connectivity index (χ0n) is 17.7. The highest BCUT2D eigenvalue weighted by molar-refractivity contribution is 6.38. The van der Waals surface area contributed by atoms with E-state index >= 15 is 0 Å². The molecule has 1 aliphatic heterocycles. The number of carbonyl (C=O) groups excluding carboxylic acids is 2. The van der Waals surface area contributed by atoms with E-state index in [1.807, 2.05) is 35.9 Å². The minimum atomic E-state index is -0.126. The topological polar surface area (TPSA) is 64.0 Å². The van der Waals surface area contributed by atoms with Gasteiger partial charge in [-0.2, -0.15) is 0 Å². The van der Waals surface area contributed by atoms with Crippen LogP contribution in [-0.2, 0) is 7.05 Å². The summed E-state index contributed by atoms with van der Waals surface area (Å²) in [5.41, 5.74) is 1.88. The number of rotatable bonds is 4. The first kappa shape index (κ1) is 21.1. The second-order valence-corrected chi connectivity index (χ2v) is 7.80. The number of halogens is 1. The number of benzene rings is 2. The Labute approximate surface area is 185 Å². The molecule has 0 radical (unpaired) electrons. The van der Waals surface area contributed by atoms with Crippen LogP contribution in [0.4, 0.5) is 0 Å². The zero-order valence-corrected chi connectivity index (χ0v) is 18.5. The zero-order chi connectivity index (χ0) is 22.1. The van der Waals surface area contributed by atoms with Gasteiger partial charge in [0.25, 0.3) is 11.8 Å². The third kappa shape index (κ3) is 3.81. The van der Waals surface area contributed by atoms with E-state index in [-0.39, 0.29) is 11.8 Å². The van der Waals surface area contributed by atoms with Crippen LogP contribution in [0.1, 0.15) is 20.8 Å². The van der Waals surface area contributed by atoms with Gasteiger partial charge in [-0.3, -0.25) is 9.59 Å². The fraction of sp³-hybridized carbons (Fsp3) is 0.304. The summed E-state index contributed by atoms with van der Waals surface area (Å²) in [4.78, 5) is 29.7. The fourth-order valence-electron chi connectivity index (χ4n) is 3.96. The molecule has 0 bridgehead atoms. The van der Waals surface area contributed by atoms with Crippen LogP contribution in [-0.4, -0.2) is 66.6 Å². The average Bonchev–Trinajstić information content (AvgIpc) is 3.08. The summed E-state index contributed by atoms with van der Waals surface area (Å²) < 4.78 is 12.4. The molecule has 2 heterocycles. The second-order valence-electron chi connectivity index (χ2n) is 7.42. The van der Waals surface area contributed by atoms with Crippen LogP contribution in [0.5, 0.6) is 11.5 Å². The number of hydrogen-bond donors (Lipinski definition) is 0. The van der Waals surface area contributed by atoms with Gasteiger partial charge in [-0.1, -0.05) is 29.8 Å². The smallest absolute Gasteiger partial charge is 0.272 e. The van der Waals surface area contributed by atoms with Crippen molar-refractivity contribution in [1.29, 1.82) is 0 Å². The molecule has 1 saturated heterocycles. The van der Waals surface area contributed by atoms with Gasteiger partial charge in [0.05, 0.1) is 19.2 Å². The third-order valence-corrected chi connectivity index (χ3v) is 6.08. The van der Waals surface area contributed by atoms with Gasteiger partial charge in [0.15, 0.2) is 0 Å². The molecule has 8 heteroatoms. The molecule has 0 atom stereocenters. The van der Waals surface area contributed by atoms with E-state index in [1.54, 1.807) is 42.2 Å². The molecule has 1 aromatic heterocycles. The molecule has 0 aliphatic carbocycles. The normalized spacial score (nSPS) is 14.1. The molecule has 0 unspecified atom stereocenters. The van der Waals surface area contributed by atoms with Gasteiger partial charge in [-0.05, 0) is 18.2 Å². The summed E-state index contributed by atoms with van der Waals surface area (Å²) >= 11 is 6.54. The Bertz CT molecular complexity index is 1090. The second kappa shape index (κ2) is 8.51. The summed E-state index contributed by atoms with van der Waals surface area (Å²) in [5, 5.41) is 1.32. The lowest BCUT2D eigenvalue weighted by atomic mass is 10.1. The van der Waals surface area contributed by atoms with Crippen molar-refractivity contribution < 1.29 is 19.1 Å². The number of fused-ring (bicyclic) bond motifs is 1. The highest BCUT2D eigenvalue weighted by Crippen LogP contribution is 2.31. The number of piperazine rings is 1. The van der Waals surface area contributed by atoms with Crippen LogP contribution in [0.25, 0.3) is 10.9 Å². The number of ether oxygens (including phenoxy) is 2. The first-order valence-corrected chi connectivity index (χ1v) is 10.4. The molecule has 162 valence electrons. The molecular formula is C23H24ClN3O4. The number of aryl methyl sites for hydroxylation is 1. The van der Waals surface area contributed by atoms with Crippen LogP contribution < -0.4 is 9.47 Å². The Morgan fingerprint density at radius 3 is 1.97 bits per heavy atom. The van der Waals surface area contributed by atoms with Gasteiger partial charge >= 0.3 is 0 Å². The van der Waals surface area contributed by atoms with Gasteiger partial charge < -0.3 is 23.8 Å². The summed E-state index contributed by atoms with van der Waals surface area (Å²) in [6, 6.07) is 12.8. The molecule has 31 heavy (non-hydrogen) atoms. The predicted molar refractivity (Wildman–Crippen MR) is 119 cm³/mol. The quantitative estimate of drug-likeness (QED) is 0.622. The average molecular weight is 442 g/mol. The van der Waals surface area contributed by atoms with Gasteiger partial charge in [-0.15, -0.1) is 0 Å². The highest BCUT2D eigenvalue weighted by atomic mass is 35.5. The van der Waals surface area contributed by atoms with E-state index in [0.29, 0.717) is 54.0 Å². The lowest BCUT2D eigenvalue weighted by Gasteiger charge is -2.35. The number of methoxy groups -OCH3 is 2. The summed E-state index contributed by atoms with van der Waals surface area (Å²) in [6.07, 6.45) is 0. The van der Waals surface area contributed by atoms with Crippen molar-refractivity contribution in [2.24, 2.45) is 7.05 Å². The Morgan fingerprint density at radius 1 is 0.871 bits per heavy atom. The molecule has 7 nitrogen and oxygen atoms in total. The maximum Gasteiger partial charge on any atom is 0.272 e. The lowest BCUT2D eigenvalue weighted by Crippen LogP contribution is -2.50. The molecular weight excluding hydrogens is 418 g/mol. The summed E-state index contributed by atoms with van der Waals surface area (Å²) in [6.45, 7) is 1.74. The number of para-hydroxylation sites is 1. The molecule has 3 aromatic rings.